The number of rotatable bonds is 33. The minimum atomic E-state index is -0.919. The average molecular weight is 955 g/mol. The predicted molar refractivity (Wildman–Crippen MR) is 283 cm³/mol. The van der Waals surface area contributed by atoms with Gasteiger partial charge in [-0.25, -0.2) is 14.4 Å². The van der Waals surface area contributed by atoms with Crippen molar-refractivity contribution in [2.45, 2.75) is 161 Å². The summed E-state index contributed by atoms with van der Waals surface area (Å²) in [6.07, 6.45) is 24.1. The third-order valence-electron chi connectivity index (χ3n) is 12.9. The van der Waals surface area contributed by atoms with E-state index in [4.69, 9.17) is 23.7 Å². The van der Waals surface area contributed by atoms with Crippen LogP contribution in [0.4, 0.5) is 0 Å². The molecule has 0 N–H and O–H groups in total. The largest absolute Gasteiger partial charge is 0.494 e. The van der Waals surface area contributed by atoms with Gasteiger partial charge in [0.2, 0.25) is 0 Å². The number of benzene rings is 5. The molecule has 0 aliphatic heterocycles. The minimum Gasteiger partial charge on any atom is -0.494 e. The van der Waals surface area contributed by atoms with E-state index in [0.717, 1.165) is 36.8 Å². The van der Waals surface area contributed by atoms with Crippen LogP contribution >= 0.6 is 0 Å². The van der Waals surface area contributed by atoms with Gasteiger partial charge in [-0.1, -0.05) is 185 Å². The van der Waals surface area contributed by atoms with Gasteiger partial charge in [0.25, 0.3) is 0 Å². The van der Waals surface area contributed by atoms with Gasteiger partial charge in [0, 0.05) is 8.07 Å². The number of ether oxygens (including phenoxy) is 5. The van der Waals surface area contributed by atoms with Crippen molar-refractivity contribution in [2.75, 3.05) is 13.2 Å². The number of carbonyl (C=O) groups excluding carboxylic acids is 3. The Bertz CT molecular complexity index is 2240. The van der Waals surface area contributed by atoms with E-state index in [-0.39, 0.29) is 22.8 Å². The molecule has 5 aromatic rings. The molecular weight excluding hydrogens is 877 g/mol. The molecule has 0 bridgehead atoms. The van der Waals surface area contributed by atoms with Crippen molar-refractivity contribution in [3.63, 3.8) is 0 Å². The summed E-state index contributed by atoms with van der Waals surface area (Å²) >= 11 is 0. The summed E-state index contributed by atoms with van der Waals surface area (Å²) in [6.45, 7) is 10.9. The highest BCUT2D eigenvalue weighted by Crippen LogP contribution is 2.34. The fraction of sp³-hybridized carbons (Fsp3) is 0.450. The standard InChI is InChI=1S/C60H78O8Si/c1-5-7-8-9-10-11-13-16-19-25-44-64-53-37-30-49(31-38-53)58(61)66-55-41-34-51(35-42-55)60(63)68-57-47-52(48-28-23-22-24-29-48)36-43-56(57)67-59(62)50-32-39-54(40-33-50)65-45-26-20-17-14-12-15-18-21-27-46-69(3,4)6-2/h22-24,28-43,47H,5-21,25-27,44-46H2,1-4H3. The summed E-state index contributed by atoms with van der Waals surface area (Å²) in [5.74, 6) is 0.0298. The van der Waals surface area contributed by atoms with Crippen LogP contribution in [0.2, 0.25) is 25.2 Å². The molecule has 0 saturated heterocycles. The van der Waals surface area contributed by atoms with Crippen molar-refractivity contribution >= 4 is 26.0 Å². The van der Waals surface area contributed by atoms with Crippen LogP contribution in [0.25, 0.3) is 11.1 Å². The van der Waals surface area contributed by atoms with Crippen LogP contribution in [0.5, 0.6) is 28.7 Å². The Kier molecular flexibility index (Phi) is 24.2. The maximum atomic E-state index is 13.5. The lowest BCUT2D eigenvalue weighted by molar-refractivity contribution is 0.0682. The van der Waals surface area contributed by atoms with Gasteiger partial charge in [0.15, 0.2) is 11.5 Å². The summed E-state index contributed by atoms with van der Waals surface area (Å²) in [5, 5.41) is 0. The first-order chi connectivity index (χ1) is 33.6. The Labute approximate surface area is 414 Å². The Morgan fingerprint density at radius 2 is 0.797 bits per heavy atom. The van der Waals surface area contributed by atoms with E-state index < -0.39 is 26.0 Å². The first-order valence-corrected chi connectivity index (χ1v) is 29.5. The van der Waals surface area contributed by atoms with E-state index in [1.807, 2.05) is 36.4 Å². The van der Waals surface area contributed by atoms with Gasteiger partial charge in [-0.3, -0.25) is 0 Å². The zero-order valence-electron chi connectivity index (χ0n) is 42.1. The van der Waals surface area contributed by atoms with Crippen LogP contribution in [0, 0.1) is 0 Å². The van der Waals surface area contributed by atoms with Crippen molar-refractivity contribution in [2.24, 2.45) is 0 Å². The lowest BCUT2D eigenvalue weighted by Gasteiger charge is -2.19. The van der Waals surface area contributed by atoms with Gasteiger partial charge in [-0.2, -0.15) is 0 Å². The third kappa shape index (κ3) is 20.4. The van der Waals surface area contributed by atoms with Crippen molar-refractivity contribution in [1.82, 2.24) is 0 Å². The monoisotopic (exact) mass is 955 g/mol. The molecule has 0 amide bonds. The van der Waals surface area contributed by atoms with Gasteiger partial charge < -0.3 is 23.7 Å². The first-order valence-electron chi connectivity index (χ1n) is 26.1. The minimum absolute atomic E-state index is 0.0778. The topological polar surface area (TPSA) is 97.4 Å². The average Bonchev–Trinajstić information content (AvgIpc) is 3.37. The lowest BCUT2D eigenvalue weighted by Crippen LogP contribution is -2.22. The molecule has 9 heteroatoms. The Hall–Kier alpha value is -5.67. The summed E-state index contributed by atoms with van der Waals surface area (Å²) in [6, 6.07) is 37.5. The second kappa shape index (κ2) is 30.7. The molecule has 0 heterocycles. The van der Waals surface area contributed by atoms with Crippen molar-refractivity contribution in [3.8, 4) is 39.9 Å². The van der Waals surface area contributed by atoms with Crippen LogP contribution < -0.4 is 23.7 Å². The number of esters is 3. The van der Waals surface area contributed by atoms with E-state index >= 15 is 0 Å². The number of hydrogen-bond donors (Lipinski definition) is 0. The van der Waals surface area contributed by atoms with E-state index in [0.29, 0.717) is 35.8 Å². The van der Waals surface area contributed by atoms with E-state index in [2.05, 4.69) is 26.9 Å². The zero-order chi connectivity index (χ0) is 48.9. The van der Waals surface area contributed by atoms with Crippen molar-refractivity contribution in [1.29, 1.82) is 0 Å². The highest BCUT2D eigenvalue weighted by Gasteiger charge is 2.19. The number of carbonyl (C=O) groups is 3. The van der Waals surface area contributed by atoms with Crippen molar-refractivity contribution < 1.29 is 38.1 Å². The summed E-state index contributed by atoms with van der Waals surface area (Å²) in [5.41, 5.74) is 2.59. The Morgan fingerprint density at radius 3 is 1.26 bits per heavy atom. The molecule has 0 saturated carbocycles. The van der Waals surface area contributed by atoms with E-state index in [9.17, 15) is 14.4 Å². The molecule has 5 rings (SSSR count). The van der Waals surface area contributed by atoms with Crippen LogP contribution in [-0.2, 0) is 0 Å². The number of unbranched alkanes of at least 4 members (excludes halogenated alkanes) is 17. The molecule has 5 aromatic carbocycles. The molecule has 69 heavy (non-hydrogen) atoms. The van der Waals surface area contributed by atoms with Crippen LogP contribution in [0.15, 0.2) is 121 Å². The molecule has 0 aromatic heterocycles. The highest BCUT2D eigenvalue weighted by atomic mass is 28.3. The smallest absolute Gasteiger partial charge is 0.343 e. The normalized spacial score (nSPS) is 11.2. The molecule has 0 atom stereocenters. The van der Waals surface area contributed by atoms with Gasteiger partial charge in [-0.05, 0) is 109 Å². The second-order valence-corrected chi connectivity index (χ2v) is 24.6. The first kappa shape index (κ1) is 54.3. The molecule has 0 radical (unpaired) electrons. The zero-order valence-corrected chi connectivity index (χ0v) is 43.1. The highest BCUT2D eigenvalue weighted by molar-refractivity contribution is 6.77. The SMILES string of the molecule is CCCCCCCCCCCCOc1ccc(C(=O)Oc2ccc(C(=O)Oc3cc(-c4ccccc4)ccc3OC(=O)c3ccc(OCCCCCCCCCCC[Si](C)(C)CC)cc3)cc2)cc1. The lowest BCUT2D eigenvalue weighted by atomic mass is 10.1. The fourth-order valence-electron chi connectivity index (χ4n) is 8.09. The maximum Gasteiger partial charge on any atom is 0.343 e. The van der Waals surface area contributed by atoms with E-state index in [1.165, 1.54) is 133 Å². The van der Waals surface area contributed by atoms with Crippen LogP contribution in [-0.4, -0.2) is 39.2 Å². The molecule has 370 valence electrons. The predicted octanol–water partition coefficient (Wildman–Crippen LogP) is 16.9. The Balaban J connectivity index is 1.06. The van der Waals surface area contributed by atoms with Gasteiger partial charge >= 0.3 is 17.9 Å². The van der Waals surface area contributed by atoms with Crippen molar-refractivity contribution in [3.05, 3.63) is 138 Å². The second-order valence-electron chi connectivity index (χ2n) is 19.1. The summed E-state index contributed by atoms with van der Waals surface area (Å²) in [4.78, 5) is 39.9. The summed E-state index contributed by atoms with van der Waals surface area (Å²) < 4.78 is 29.2. The molecule has 0 aliphatic carbocycles. The maximum absolute atomic E-state index is 13.5. The van der Waals surface area contributed by atoms with Gasteiger partial charge in [0.1, 0.15) is 17.2 Å². The molecule has 0 spiro atoms. The molecule has 0 unspecified atom stereocenters. The number of hydrogen-bond acceptors (Lipinski definition) is 8. The van der Waals surface area contributed by atoms with E-state index in [1.54, 1.807) is 60.7 Å². The molecule has 0 fully saturated rings. The van der Waals surface area contributed by atoms with Gasteiger partial charge in [0.05, 0.1) is 29.9 Å². The quantitative estimate of drug-likeness (QED) is 0.0178. The third-order valence-corrected chi connectivity index (χ3v) is 16.5. The molecule has 0 aliphatic rings. The summed E-state index contributed by atoms with van der Waals surface area (Å²) in [7, 11) is -0.919. The molecular formula is C60H78O8Si. The van der Waals surface area contributed by atoms with Crippen LogP contribution in [0.3, 0.4) is 0 Å². The Morgan fingerprint density at radius 1 is 0.391 bits per heavy atom. The fourth-order valence-corrected chi connectivity index (χ4v) is 9.65. The molecule has 8 nitrogen and oxygen atoms in total. The van der Waals surface area contributed by atoms with Gasteiger partial charge in [-0.15, -0.1) is 0 Å². The van der Waals surface area contributed by atoms with Crippen LogP contribution in [0.1, 0.15) is 167 Å².